The first-order chi connectivity index (χ1) is 9.98. The molecule has 1 aliphatic carbocycles. The molecule has 2 nitrogen and oxygen atoms in total. The van der Waals surface area contributed by atoms with Gasteiger partial charge in [-0.05, 0) is 69.7 Å². The van der Waals surface area contributed by atoms with Crippen LogP contribution >= 0.6 is 0 Å². The van der Waals surface area contributed by atoms with Gasteiger partial charge in [0.15, 0.2) is 0 Å². The van der Waals surface area contributed by atoms with Gasteiger partial charge >= 0.3 is 0 Å². The van der Waals surface area contributed by atoms with Crippen molar-refractivity contribution < 1.29 is 0 Å². The van der Waals surface area contributed by atoms with Crippen molar-refractivity contribution in [3.05, 3.63) is 35.4 Å². The maximum absolute atomic E-state index is 6.69. The van der Waals surface area contributed by atoms with E-state index in [0.29, 0.717) is 0 Å². The molecule has 1 fully saturated rings. The van der Waals surface area contributed by atoms with Gasteiger partial charge in [-0.15, -0.1) is 0 Å². The zero-order valence-corrected chi connectivity index (χ0v) is 14.2. The number of nitrogens with two attached hydrogens (primary N) is 1. The van der Waals surface area contributed by atoms with Crippen LogP contribution in [-0.4, -0.2) is 30.6 Å². The van der Waals surface area contributed by atoms with E-state index in [1.807, 2.05) is 0 Å². The minimum atomic E-state index is 0.177. The van der Waals surface area contributed by atoms with Gasteiger partial charge in [-0.3, -0.25) is 0 Å². The Kier molecular flexibility index (Phi) is 5.45. The van der Waals surface area contributed by atoms with Crippen LogP contribution in [-0.2, 0) is 12.8 Å². The van der Waals surface area contributed by atoms with Crippen LogP contribution in [0.5, 0.6) is 0 Å². The van der Waals surface area contributed by atoms with Crippen LogP contribution < -0.4 is 5.73 Å². The van der Waals surface area contributed by atoms with Gasteiger partial charge in [-0.2, -0.15) is 0 Å². The van der Waals surface area contributed by atoms with Crippen molar-refractivity contribution in [3.63, 3.8) is 0 Å². The summed E-state index contributed by atoms with van der Waals surface area (Å²) >= 11 is 0. The Labute approximate surface area is 130 Å². The van der Waals surface area contributed by atoms with E-state index in [1.165, 1.54) is 36.8 Å². The number of rotatable bonds is 5. The van der Waals surface area contributed by atoms with Gasteiger partial charge in [-0.25, -0.2) is 0 Å². The van der Waals surface area contributed by atoms with Gasteiger partial charge in [0, 0.05) is 11.6 Å². The number of benzene rings is 1. The molecule has 1 saturated carbocycles. The molecule has 118 valence electrons. The SMILES string of the molecule is CCc1ccc(CC(N)C2(N(C)C)CCC(C)CC2)cc1. The van der Waals surface area contributed by atoms with Gasteiger partial charge in [-0.1, -0.05) is 38.1 Å². The average Bonchev–Trinajstić information content (AvgIpc) is 2.48. The van der Waals surface area contributed by atoms with Gasteiger partial charge in [0.1, 0.15) is 0 Å². The summed E-state index contributed by atoms with van der Waals surface area (Å²) in [7, 11) is 4.41. The molecule has 1 unspecified atom stereocenters. The molecule has 2 heteroatoms. The van der Waals surface area contributed by atoms with Crippen molar-refractivity contribution in [2.45, 2.75) is 64.0 Å². The topological polar surface area (TPSA) is 29.3 Å². The largest absolute Gasteiger partial charge is 0.326 e. The van der Waals surface area contributed by atoms with Gasteiger partial charge in [0.05, 0.1) is 0 Å². The van der Waals surface area contributed by atoms with E-state index < -0.39 is 0 Å². The predicted octanol–water partition coefficient (Wildman–Crippen LogP) is 3.63. The summed E-state index contributed by atoms with van der Waals surface area (Å²) in [5, 5.41) is 0. The maximum atomic E-state index is 6.69. The van der Waals surface area contributed by atoms with Crippen LogP contribution in [0.15, 0.2) is 24.3 Å². The first kappa shape index (κ1) is 16.5. The highest BCUT2D eigenvalue weighted by atomic mass is 15.2. The summed E-state index contributed by atoms with van der Waals surface area (Å²) in [6.45, 7) is 4.57. The minimum Gasteiger partial charge on any atom is -0.326 e. The van der Waals surface area contributed by atoms with Crippen LogP contribution in [0.2, 0.25) is 0 Å². The Hall–Kier alpha value is -0.860. The molecule has 21 heavy (non-hydrogen) atoms. The van der Waals surface area contributed by atoms with Crippen LogP contribution in [0.1, 0.15) is 50.7 Å². The zero-order chi connectivity index (χ0) is 15.5. The Bertz CT molecular complexity index is 427. The quantitative estimate of drug-likeness (QED) is 0.896. The zero-order valence-electron chi connectivity index (χ0n) is 14.2. The fraction of sp³-hybridized carbons (Fsp3) is 0.684. The third kappa shape index (κ3) is 3.67. The highest BCUT2D eigenvalue weighted by Crippen LogP contribution is 2.38. The van der Waals surface area contributed by atoms with E-state index in [9.17, 15) is 0 Å². The normalized spacial score (nSPS) is 27.8. The monoisotopic (exact) mass is 288 g/mol. The second-order valence-corrected chi connectivity index (χ2v) is 7.16. The van der Waals surface area contributed by atoms with Crippen LogP contribution in [0.4, 0.5) is 0 Å². The Morgan fingerprint density at radius 2 is 1.67 bits per heavy atom. The molecule has 2 rings (SSSR count). The van der Waals surface area contributed by atoms with Crippen LogP contribution in [0.3, 0.4) is 0 Å². The van der Waals surface area contributed by atoms with Crippen LogP contribution in [0, 0.1) is 5.92 Å². The third-order valence-electron chi connectivity index (χ3n) is 5.61. The summed E-state index contributed by atoms with van der Waals surface area (Å²) in [6.07, 6.45) is 7.16. The summed E-state index contributed by atoms with van der Waals surface area (Å²) in [4.78, 5) is 2.39. The van der Waals surface area contributed by atoms with Gasteiger partial charge < -0.3 is 10.6 Å². The summed E-state index contributed by atoms with van der Waals surface area (Å²) < 4.78 is 0. The average molecular weight is 288 g/mol. The molecule has 0 bridgehead atoms. The Morgan fingerprint density at radius 1 is 1.14 bits per heavy atom. The molecule has 0 aliphatic heterocycles. The lowest BCUT2D eigenvalue weighted by molar-refractivity contribution is 0.0568. The molecule has 0 heterocycles. The van der Waals surface area contributed by atoms with Crippen molar-refractivity contribution in [2.75, 3.05) is 14.1 Å². The molecule has 1 aliphatic rings. The fourth-order valence-corrected chi connectivity index (χ4v) is 3.77. The summed E-state index contributed by atoms with van der Waals surface area (Å²) in [5.74, 6) is 0.856. The molecule has 1 aromatic rings. The summed E-state index contributed by atoms with van der Waals surface area (Å²) in [6, 6.07) is 9.22. The Morgan fingerprint density at radius 3 is 2.14 bits per heavy atom. The van der Waals surface area contributed by atoms with Crippen molar-refractivity contribution >= 4 is 0 Å². The van der Waals surface area contributed by atoms with Gasteiger partial charge in [0.25, 0.3) is 0 Å². The first-order valence-corrected chi connectivity index (χ1v) is 8.48. The van der Waals surface area contributed by atoms with Gasteiger partial charge in [0.2, 0.25) is 0 Å². The molecular weight excluding hydrogens is 256 g/mol. The second kappa shape index (κ2) is 6.93. The van der Waals surface area contributed by atoms with Crippen molar-refractivity contribution in [1.29, 1.82) is 0 Å². The standard InChI is InChI=1S/C19H32N2/c1-5-16-6-8-17(9-7-16)14-18(20)19(21(3)4)12-10-15(2)11-13-19/h6-9,15,18H,5,10-14,20H2,1-4H3. The van der Waals surface area contributed by atoms with Crippen molar-refractivity contribution in [1.82, 2.24) is 4.90 Å². The smallest absolute Gasteiger partial charge is 0.0357 e. The fourth-order valence-electron chi connectivity index (χ4n) is 3.77. The maximum Gasteiger partial charge on any atom is 0.0357 e. The Balaban J connectivity index is 2.09. The van der Waals surface area contributed by atoms with Crippen molar-refractivity contribution in [3.8, 4) is 0 Å². The summed E-state index contributed by atoms with van der Waals surface area (Å²) in [5.41, 5.74) is 9.65. The van der Waals surface area contributed by atoms with Crippen molar-refractivity contribution in [2.24, 2.45) is 11.7 Å². The van der Waals surface area contributed by atoms with E-state index >= 15 is 0 Å². The van der Waals surface area contributed by atoms with E-state index in [-0.39, 0.29) is 11.6 Å². The highest BCUT2D eigenvalue weighted by Gasteiger charge is 2.41. The molecule has 0 aromatic heterocycles. The number of hydrogen-bond acceptors (Lipinski definition) is 2. The minimum absolute atomic E-state index is 0.177. The first-order valence-electron chi connectivity index (χ1n) is 8.48. The molecule has 2 N–H and O–H groups in total. The molecule has 1 aromatic carbocycles. The van der Waals surface area contributed by atoms with E-state index in [0.717, 1.165) is 18.8 Å². The number of likely N-dealkylation sites (N-methyl/N-ethyl adjacent to an activating group) is 1. The lowest BCUT2D eigenvalue weighted by Gasteiger charge is -2.48. The molecule has 0 saturated heterocycles. The van der Waals surface area contributed by atoms with E-state index in [4.69, 9.17) is 5.73 Å². The lowest BCUT2D eigenvalue weighted by atomic mass is 9.71. The highest BCUT2D eigenvalue weighted by molar-refractivity contribution is 5.24. The molecule has 0 amide bonds. The predicted molar refractivity (Wildman–Crippen MR) is 91.5 cm³/mol. The number of hydrogen-bond donors (Lipinski definition) is 1. The number of aryl methyl sites for hydroxylation is 1. The molecule has 0 radical (unpaired) electrons. The third-order valence-corrected chi connectivity index (χ3v) is 5.61. The molecule has 1 atom stereocenters. The molecular formula is C19H32N2. The second-order valence-electron chi connectivity index (χ2n) is 7.16. The van der Waals surface area contributed by atoms with Crippen LogP contribution in [0.25, 0.3) is 0 Å². The van der Waals surface area contributed by atoms with E-state index in [1.54, 1.807) is 0 Å². The molecule has 0 spiro atoms. The lowest BCUT2D eigenvalue weighted by Crippen LogP contribution is -2.59. The number of nitrogens with zero attached hydrogens (tertiary/aromatic N) is 1. The van der Waals surface area contributed by atoms with E-state index in [2.05, 4.69) is 57.1 Å².